The molecule has 5 rings (SSSR count). The standard InChI is InChI=1S/C23H34N6O5S/c1-22(2,3)34-21(30)28-8-6-13(7-9-28)35-10-14-16-17(33-23(4,5)32-16)20(31-14)29-12-27-15-18(24)25-11-26-19(15)29/h11-14,16-17,20H,6-10H2,1-5H3,(H2,24,25,26)/t14-,16+,17?,20-/m1/s1. The molecule has 0 saturated carbocycles. The Kier molecular flexibility index (Phi) is 6.35. The number of rotatable bonds is 4. The summed E-state index contributed by atoms with van der Waals surface area (Å²) in [5.74, 6) is 0.388. The topological polar surface area (TPSA) is 127 Å². The van der Waals surface area contributed by atoms with Crippen LogP contribution in [-0.4, -0.2) is 84.3 Å². The quantitative estimate of drug-likeness (QED) is 0.661. The second-order valence-electron chi connectivity index (χ2n) is 10.7. The average Bonchev–Trinajstić information content (AvgIpc) is 3.43. The molecule has 2 aromatic rings. The van der Waals surface area contributed by atoms with E-state index >= 15 is 0 Å². The van der Waals surface area contributed by atoms with Crippen molar-refractivity contribution in [2.75, 3.05) is 24.6 Å². The summed E-state index contributed by atoms with van der Waals surface area (Å²) < 4.78 is 26.4. The zero-order chi connectivity index (χ0) is 25.0. The Bertz CT molecular complexity index is 1080. The molecule has 4 atom stereocenters. The van der Waals surface area contributed by atoms with Crippen LogP contribution in [0.25, 0.3) is 11.2 Å². The van der Waals surface area contributed by atoms with Gasteiger partial charge in [-0.2, -0.15) is 11.8 Å². The van der Waals surface area contributed by atoms with Crippen LogP contribution >= 0.6 is 11.8 Å². The number of anilines is 1. The van der Waals surface area contributed by atoms with Crippen LogP contribution in [0.15, 0.2) is 12.7 Å². The summed E-state index contributed by atoms with van der Waals surface area (Å²) in [7, 11) is 0. The van der Waals surface area contributed by atoms with Crippen LogP contribution < -0.4 is 5.73 Å². The fourth-order valence-corrected chi connectivity index (χ4v) is 6.11. The lowest BCUT2D eigenvalue weighted by Crippen LogP contribution is -2.42. The summed E-state index contributed by atoms with van der Waals surface area (Å²) in [6.07, 6.45) is 3.61. The molecule has 0 radical (unpaired) electrons. The highest BCUT2D eigenvalue weighted by atomic mass is 32.2. The van der Waals surface area contributed by atoms with E-state index in [1.807, 2.05) is 50.9 Å². The molecule has 12 heteroatoms. The Balaban J connectivity index is 1.23. The lowest BCUT2D eigenvalue weighted by Gasteiger charge is -2.33. The lowest BCUT2D eigenvalue weighted by molar-refractivity contribution is -0.193. The van der Waals surface area contributed by atoms with E-state index in [0.29, 0.717) is 35.3 Å². The molecule has 2 aromatic heterocycles. The van der Waals surface area contributed by atoms with Crippen molar-refractivity contribution in [3.05, 3.63) is 12.7 Å². The number of nitrogens with zero attached hydrogens (tertiary/aromatic N) is 5. The first-order valence-corrected chi connectivity index (χ1v) is 13.1. The number of fused-ring (bicyclic) bond motifs is 2. The highest BCUT2D eigenvalue weighted by molar-refractivity contribution is 7.99. The van der Waals surface area contributed by atoms with Gasteiger partial charge in [-0.25, -0.2) is 19.7 Å². The van der Waals surface area contributed by atoms with Crippen molar-refractivity contribution in [1.82, 2.24) is 24.4 Å². The van der Waals surface area contributed by atoms with Crippen LogP contribution in [0.5, 0.6) is 0 Å². The molecule has 3 fully saturated rings. The van der Waals surface area contributed by atoms with Gasteiger partial charge < -0.3 is 29.6 Å². The number of nitrogen functional groups attached to an aromatic ring is 1. The van der Waals surface area contributed by atoms with Crippen molar-refractivity contribution in [3.8, 4) is 0 Å². The zero-order valence-electron chi connectivity index (χ0n) is 20.8. The first-order chi connectivity index (χ1) is 16.5. The summed E-state index contributed by atoms with van der Waals surface area (Å²) in [6.45, 7) is 10.9. The van der Waals surface area contributed by atoms with Gasteiger partial charge in [0.1, 0.15) is 29.7 Å². The Morgan fingerprint density at radius 3 is 2.63 bits per heavy atom. The van der Waals surface area contributed by atoms with Crippen LogP contribution in [0, 0.1) is 0 Å². The molecule has 0 aromatic carbocycles. The number of piperidine rings is 1. The number of nitrogens with two attached hydrogens (primary N) is 1. The van der Waals surface area contributed by atoms with Crippen molar-refractivity contribution in [1.29, 1.82) is 0 Å². The molecule has 1 unspecified atom stereocenters. The predicted molar refractivity (Wildman–Crippen MR) is 131 cm³/mol. The van der Waals surface area contributed by atoms with Crippen LogP contribution in [0.2, 0.25) is 0 Å². The van der Waals surface area contributed by atoms with Crippen molar-refractivity contribution in [2.45, 2.75) is 88.6 Å². The summed E-state index contributed by atoms with van der Waals surface area (Å²) in [6, 6.07) is 0. The number of thioether (sulfide) groups is 1. The Morgan fingerprint density at radius 1 is 1.20 bits per heavy atom. The maximum absolute atomic E-state index is 12.4. The third-order valence-corrected chi connectivity index (χ3v) is 7.84. The van der Waals surface area contributed by atoms with Gasteiger partial charge in [0.25, 0.3) is 0 Å². The molecular formula is C23H34N6O5S. The number of ether oxygens (including phenoxy) is 4. The second kappa shape index (κ2) is 9.06. The number of carbonyl (C=O) groups excluding carboxylic acids is 1. The SMILES string of the molecule is CC(C)(C)OC(=O)N1CCC(SC[C@H]2O[C@@H](n3cnc4c(N)ncnc43)C3OC(C)(C)O[C@H]32)CC1. The van der Waals surface area contributed by atoms with Gasteiger partial charge in [-0.15, -0.1) is 0 Å². The van der Waals surface area contributed by atoms with Gasteiger partial charge in [0, 0.05) is 24.1 Å². The molecule has 3 aliphatic heterocycles. The molecule has 192 valence electrons. The highest BCUT2D eigenvalue weighted by Crippen LogP contribution is 2.45. The third kappa shape index (κ3) is 5.07. The van der Waals surface area contributed by atoms with Crippen molar-refractivity contribution in [3.63, 3.8) is 0 Å². The molecule has 0 aliphatic carbocycles. The van der Waals surface area contributed by atoms with Gasteiger partial charge in [0.2, 0.25) is 0 Å². The molecule has 3 aliphatic rings. The van der Waals surface area contributed by atoms with Gasteiger partial charge in [0.05, 0.1) is 12.4 Å². The first-order valence-electron chi connectivity index (χ1n) is 12.0. The Hall–Kier alpha value is -2.15. The molecule has 2 N–H and O–H groups in total. The fraction of sp³-hybridized carbons (Fsp3) is 0.739. The van der Waals surface area contributed by atoms with E-state index < -0.39 is 17.6 Å². The molecule has 0 spiro atoms. The normalized spacial score (nSPS) is 29.0. The molecule has 35 heavy (non-hydrogen) atoms. The smallest absolute Gasteiger partial charge is 0.410 e. The van der Waals surface area contributed by atoms with Crippen molar-refractivity contribution >= 4 is 34.8 Å². The molecule has 1 amide bonds. The molecule has 5 heterocycles. The van der Waals surface area contributed by atoms with Gasteiger partial charge in [-0.1, -0.05) is 0 Å². The van der Waals surface area contributed by atoms with E-state index in [2.05, 4.69) is 15.0 Å². The number of likely N-dealkylation sites (tertiary alicyclic amines) is 1. The maximum atomic E-state index is 12.4. The maximum Gasteiger partial charge on any atom is 0.410 e. The summed E-state index contributed by atoms with van der Waals surface area (Å²) in [5, 5.41) is 0.437. The largest absolute Gasteiger partial charge is 0.444 e. The number of carbonyl (C=O) groups is 1. The van der Waals surface area contributed by atoms with Gasteiger partial charge in [-0.3, -0.25) is 4.57 Å². The molecular weight excluding hydrogens is 472 g/mol. The van der Waals surface area contributed by atoms with E-state index in [4.69, 9.17) is 24.7 Å². The number of hydrogen-bond donors (Lipinski definition) is 1. The monoisotopic (exact) mass is 506 g/mol. The fourth-order valence-electron chi connectivity index (χ4n) is 4.84. The summed E-state index contributed by atoms with van der Waals surface area (Å²) >= 11 is 1.87. The molecule has 0 bridgehead atoms. The van der Waals surface area contributed by atoms with E-state index in [1.165, 1.54) is 6.33 Å². The minimum atomic E-state index is -0.705. The van der Waals surface area contributed by atoms with Crippen LogP contribution in [0.1, 0.15) is 53.7 Å². The van der Waals surface area contributed by atoms with Crippen molar-refractivity contribution in [2.24, 2.45) is 0 Å². The van der Waals surface area contributed by atoms with Crippen LogP contribution in [0.3, 0.4) is 0 Å². The summed E-state index contributed by atoms with van der Waals surface area (Å²) in [5.41, 5.74) is 6.64. The summed E-state index contributed by atoms with van der Waals surface area (Å²) in [4.78, 5) is 26.9. The predicted octanol–water partition coefficient (Wildman–Crippen LogP) is 2.96. The van der Waals surface area contributed by atoms with Crippen LogP contribution in [-0.2, 0) is 18.9 Å². The van der Waals surface area contributed by atoms with E-state index in [1.54, 1.807) is 11.2 Å². The van der Waals surface area contributed by atoms with Gasteiger partial charge in [-0.05, 0) is 47.5 Å². The second-order valence-corrected chi connectivity index (χ2v) is 12.0. The highest BCUT2D eigenvalue weighted by Gasteiger charge is 2.56. The Labute approximate surface area is 209 Å². The van der Waals surface area contributed by atoms with E-state index in [9.17, 15) is 4.79 Å². The van der Waals surface area contributed by atoms with Gasteiger partial charge >= 0.3 is 6.09 Å². The zero-order valence-corrected chi connectivity index (χ0v) is 21.7. The third-order valence-electron chi connectivity index (χ3n) is 6.38. The van der Waals surface area contributed by atoms with Crippen LogP contribution in [0.4, 0.5) is 10.6 Å². The average molecular weight is 507 g/mol. The first kappa shape index (κ1) is 24.5. The number of imidazole rings is 1. The Morgan fingerprint density at radius 2 is 1.91 bits per heavy atom. The van der Waals surface area contributed by atoms with E-state index in [-0.39, 0.29) is 24.4 Å². The lowest BCUT2D eigenvalue weighted by atomic mass is 10.1. The number of amides is 1. The minimum absolute atomic E-state index is 0.155. The molecule has 11 nitrogen and oxygen atoms in total. The number of hydrogen-bond acceptors (Lipinski definition) is 10. The molecule has 3 saturated heterocycles. The minimum Gasteiger partial charge on any atom is -0.444 e. The van der Waals surface area contributed by atoms with E-state index in [0.717, 1.165) is 18.6 Å². The van der Waals surface area contributed by atoms with Gasteiger partial charge in [0.15, 0.2) is 23.5 Å². The number of aromatic nitrogens is 4. The van der Waals surface area contributed by atoms with Crippen molar-refractivity contribution < 1.29 is 23.7 Å².